The van der Waals surface area contributed by atoms with Crippen molar-refractivity contribution < 1.29 is 9.53 Å². The molecule has 0 aliphatic rings. The van der Waals surface area contributed by atoms with Crippen LogP contribution in [0.25, 0.3) is 0 Å². The van der Waals surface area contributed by atoms with Gasteiger partial charge in [-0.25, -0.2) is 4.79 Å². The molecule has 0 heterocycles. The molecule has 0 spiro atoms. The monoisotopic (exact) mass is 370 g/mol. The highest BCUT2D eigenvalue weighted by molar-refractivity contribution is 9.26. The Kier molecular flexibility index (Phi) is 9.65. The van der Waals surface area contributed by atoms with E-state index in [-0.39, 0.29) is 8.83 Å². The summed E-state index contributed by atoms with van der Waals surface area (Å²) in [6.45, 7) is 3.86. The zero-order chi connectivity index (χ0) is 12.4. The summed E-state index contributed by atoms with van der Waals surface area (Å²) in [5, 5.41) is 0. The second-order valence-corrected chi connectivity index (χ2v) is 13.2. The SMILES string of the molecule is C=CC(=O)OCCCCCCCC([SiH3])(Br)Br. The predicted octanol–water partition coefficient (Wildman–Crippen LogP) is 2.87. The van der Waals surface area contributed by atoms with Crippen molar-refractivity contribution in [2.45, 2.75) is 41.4 Å². The maximum Gasteiger partial charge on any atom is 0.330 e. The molecule has 0 saturated heterocycles. The number of rotatable bonds is 9. The molecular weight excluding hydrogens is 352 g/mol. The molecule has 0 aromatic carbocycles. The van der Waals surface area contributed by atoms with Gasteiger partial charge in [-0.15, -0.1) is 0 Å². The molecule has 0 radical (unpaired) electrons. The van der Waals surface area contributed by atoms with Gasteiger partial charge in [-0.1, -0.05) is 64.1 Å². The number of esters is 1. The van der Waals surface area contributed by atoms with Crippen molar-refractivity contribution in [1.82, 2.24) is 0 Å². The first-order valence-electron chi connectivity index (χ1n) is 5.63. The third-order valence-corrected chi connectivity index (χ3v) is 3.46. The van der Waals surface area contributed by atoms with Crippen molar-refractivity contribution in [3.63, 3.8) is 0 Å². The van der Waals surface area contributed by atoms with Gasteiger partial charge in [0, 0.05) is 16.3 Å². The van der Waals surface area contributed by atoms with Gasteiger partial charge in [0.15, 0.2) is 0 Å². The van der Waals surface area contributed by atoms with Crippen molar-refractivity contribution in [2.24, 2.45) is 0 Å². The number of hydrogen-bond donors (Lipinski definition) is 0. The summed E-state index contributed by atoms with van der Waals surface area (Å²) >= 11 is 7.22. The maximum absolute atomic E-state index is 10.7. The van der Waals surface area contributed by atoms with E-state index in [0.29, 0.717) is 6.61 Å². The molecule has 0 aromatic heterocycles. The molecule has 0 aliphatic heterocycles. The Balaban J connectivity index is 3.16. The molecule has 0 atom stereocenters. The number of carbonyl (C=O) groups is 1. The Morgan fingerprint density at radius 3 is 2.38 bits per heavy atom. The average Bonchev–Trinajstić information content (AvgIpc) is 2.20. The van der Waals surface area contributed by atoms with Crippen LogP contribution in [0.3, 0.4) is 0 Å². The van der Waals surface area contributed by atoms with Crippen LogP contribution in [-0.2, 0) is 9.53 Å². The molecule has 0 rings (SSSR count). The Morgan fingerprint density at radius 1 is 1.25 bits per heavy atom. The van der Waals surface area contributed by atoms with Crippen molar-refractivity contribution in [1.29, 1.82) is 0 Å². The van der Waals surface area contributed by atoms with Crippen molar-refractivity contribution in [2.75, 3.05) is 6.61 Å². The summed E-state index contributed by atoms with van der Waals surface area (Å²) < 4.78 is 5.11. The van der Waals surface area contributed by atoms with E-state index in [1.807, 2.05) is 0 Å². The molecule has 0 N–H and O–H groups in total. The van der Waals surface area contributed by atoms with E-state index in [0.717, 1.165) is 23.1 Å². The van der Waals surface area contributed by atoms with Gasteiger partial charge in [0.1, 0.15) is 0 Å². The number of carbonyl (C=O) groups excluding carboxylic acids is 1. The highest BCUT2D eigenvalue weighted by Crippen LogP contribution is 2.28. The van der Waals surface area contributed by atoms with Crippen LogP contribution >= 0.6 is 31.9 Å². The van der Waals surface area contributed by atoms with Gasteiger partial charge in [-0.05, 0) is 12.8 Å². The summed E-state index contributed by atoms with van der Waals surface area (Å²) in [4.78, 5) is 10.7. The van der Waals surface area contributed by atoms with E-state index in [4.69, 9.17) is 4.74 Å². The lowest BCUT2D eigenvalue weighted by Gasteiger charge is -2.13. The molecular formula is C11H20Br2O2Si. The second-order valence-electron chi connectivity index (χ2n) is 3.96. The van der Waals surface area contributed by atoms with Crippen LogP contribution in [0.15, 0.2) is 12.7 Å². The highest BCUT2D eigenvalue weighted by Gasteiger charge is 2.13. The lowest BCUT2D eigenvalue weighted by atomic mass is 10.1. The fraction of sp³-hybridized carbons (Fsp3) is 0.727. The van der Waals surface area contributed by atoms with E-state index in [9.17, 15) is 4.79 Å². The lowest BCUT2D eigenvalue weighted by molar-refractivity contribution is -0.137. The van der Waals surface area contributed by atoms with E-state index < -0.39 is 0 Å². The molecule has 94 valence electrons. The van der Waals surface area contributed by atoms with E-state index in [1.54, 1.807) is 0 Å². The van der Waals surface area contributed by atoms with Gasteiger partial charge in [0.2, 0.25) is 0 Å². The second kappa shape index (κ2) is 9.42. The van der Waals surface area contributed by atoms with Crippen LogP contribution in [-0.4, -0.2) is 25.7 Å². The third-order valence-electron chi connectivity index (χ3n) is 2.17. The highest BCUT2D eigenvalue weighted by atomic mass is 79.9. The maximum atomic E-state index is 10.7. The summed E-state index contributed by atoms with van der Waals surface area (Å²) in [5.74, 6) is -0.320. The van der Waals surface area contributed by atoms with E-state index >= 15 is 0 Å². The fourth-order valence-electron chi connectivity index (χ4n) is 1.30. The molecule has 0 unspecified atom stereocenters. The first kappa shape index (κ1) is 16.4. The van der Waals surface area contributed by atoms with E-state index in [2.05, 4.69) is 38.4 Å². The van der Waals surface area contributed by atoms with Gasteiger partial charge in [0.05, 0.1) is 9.46 Å². The third kappa shape index (κ3) is 12.5. The van der Waals surface area contributed by atoms with Gasteiger partial charge < -0.3 is 4.74 Å². The molecule has 0 amide bonds. The molecule has 2 nitrogen and oxygen atoms in total. The Bertz CT molecular complexity index is 215. The number of ether oxygens (including phenoxy) is 1. The van der Waals surface area contributed by atoms with Gasteiger partial charge in [-0.3, -0.25) is 0 Å². The molecule has 16 heavy (non-hydrogen) atoms. The molecule has 0 fully saturated rings. The number of halogens is 2. The van der Waals surface area contributed by atoms with Crippen LogP contribution in [0.1, 0.15) is 38.5 Å². The minimum atomic E-state index is -0.320. The van der Waals surface area contributed by atoms with Crippen LogP contribution in [0.4, 0.5) is 0 Å². The minimum absolute atomic E-state index is 0.222. The normalized spacial score (nSPS) is 11.4. The summed E-state index contributed by atoms with van der Waals surface area (Å²) in [5.41, 5.74) is 0. The van der Waals surface area contributed by atoms with Gasteiger partial charge in [-0.2, -0.15) is 0 Å². The average molecular weight is 372 g/mol. The number of alkyl halides is 2. The van der Waals surface area contributed by atoms with Gasteiger partial charge >= 0.3 is 5.97 Å². The lowest BCUT2D eigenvalue weighted by Crippen LogP contribution is -2.09. The molecule has 5 heteroatoms. The van der Waals surface area contributed by atoms with Crippen molar-refractivity contribution >= 4 is 48.1 Å². The molecule has 0 saturated carbocycles. The first-order chi connectivity index (χ1) is 7.45. The van der Waals surface area contributed by atoms with E-state index in [1.165, 1.54) is 31.8 Å². The minimum Gasteiger partial charge on any atom is -0.463 e. The number of hydrogen-bond acceptors (Lipinski definition) is 2. The zero-order valence-corrected chi connectivity index (χ0v) is 15.0. The summed E-state index contributed by atoms with van der Waals surface area (Å²) in [6.07, 6.45) is 8.17. The van der Waals surface area contributed by atoms with Crippen LogP contribution in [0.5, 0.6) is 0 Å². The van der Waals surface area contributed by atoms with Crippen LogP contribution in [0.2, 0.25) is 0 Å². The topological polar surface area (TPSA) is 26.3 Å². The zero-order valence-electron chi connectivity index (χ0n) is 9.81. The Morgan fingerprint density at radius 2 is 1.81 bits per heavy atom. The van der Waals surface area contributed by atoms with Crippen molar-refractivity contribution in [3.05, 3.63) is 12.7 Å². The van der Waals surface area contributed by atoms with Crippen LogP contribution in [0, 0.1) is 0 Å². The quantitative estimate of drug-likeness (QED) is 0.205. The molecule has 0 aromatic rings. The Hall–Kier alpha value is 0.387. The molecule has 0 aliphatic carbocycles. The van der Waals surface area contributed by atoms with Crippen LogP contribution < -0.4 is 0 Å². The largest absolute Gasteiger partial charge is 0.463 e. The predicted molar refractivity (Wildman–Crippen MR) is 79.4 cm³/mol. The number of unbranched alkanes of at least 4 members (excludes halogenated alkanes) is 4. The Labute approximate surface area is 118 Å². The first-order valence-corrected chi connectivity index (χ1v) is 8.21. The smallest absolute Gasteiger partial charge is 0.330 e. The molecule has 0 bridgehead atoms. The summed E-state index contributed by atoms with van der Waals surface area (Å²) in [7, 11) is 1.11. The fourth-order valence-corrected chi connectivity index (χ4v) is 2.21. The standard InChI is InChI=1S/C11H20Br2O2Si/c1-2-10(14)15-9-7-5-3-4-6-8-11(12,13)16/h2H,1,3-9H2,16H3. The van der Waals surface area contributed by atoms with Crippen molar-refractivity contribution in [3.8, 4) is 0 Å². The van der Waals surface area contributed by atoms with Gasteiger partial charge in [0.25, 0.3) is 0 Å². The summed E-state index contributed by atoms with van der Waals surface area (Å²) in [6, 6.07) is 0.